The highest BCUT2D eigenvalue weighted by Gasteiger charge is 2.04. The molecule has 0 aromatic heterocycles. The molecule has 0 spiro atoms. The van der Waals surface area contributed by atoms with Gasteiger partial charge in [0.2, 0.25) is 0 Å². The fraction of sp³-hybridized carbons (Fsp3) is 0.368. The Kier molecular flexibility index (Phi) is 6.86. The first kappa shape index (κ1) is 16.4. The molecule has 0 aliphatic rings. The molecule has 0 aliphatic heterocycles. The number of benzene rings is 2. The summed E-state index contributed by atoms with van der Waals surface area (Å²) < 4.78 is 32.6. The van der Waals surface area contributed by atoms with Crippen molar-refractivity contribution in [2.75, 3.05) is 19.8 Å². The molecule has 0 radical (unpaired) electrons. The van der Waals surface area contributed by atoms with E-state index in [1.165, 1.54) is 0 Å². The Morgan fingerprint density at radius 3 is 2.62 bits per heavy atom. The lowest BCUT2D eigenvalue weighted by Gasteiger charge is -2.13. The number of rotatable bonds is 9. The maximum Gasteiger partial charge on any atom is 0.154 e. The summed E-state index contributed by atoms with van der Waals surface area (Å²) in [5.41, 5.74) is 2.12. The van der Waals surface area contributed by atoms with Crippen LogP contribution in [0.15, 0.2) is 46.9 Å². The lowest BCUT2D eigenvalue weighted by molar-refractivity contribution is -0.131. The zero-order valence-corrected chi connectivity index (χ0v) is 16.1. The van der Waals surface area contributed by atoms with Gasteiger partial charge in [-0.3, -0.25) is 0 Å². The zero-order chi connectivity index (χ0) is 19.2. The van der Waals surface area contributed by atoms with Crippen molar-refractivity contribution in [2.45, 2.75) is 26.6 Å². The summed E-state index contributed by atoms with van der Waals surface area (Å²) in [4.78, 5) is 0. The maximum atomic E-state index is 7.84. The Balaban J connectivity index is 1.92. The second-order valence-corrected chi connectivity index (χ2v) is 6.45. The maximum absolute atomic E-state index is 7.84. The number of ether oxygens (including phenoxy) is 3. The van der Waals surface area contributed by atoms with E-state index in [9.17, 15) is 0 Å². The van der Waals surface area contributed by atoms with Crippen LogP contribution in [0.3, 0.4) is 0 Å². The molecule has 0 amide bonds. The van der Waals surface area contributed by atoms with Crippen LogP contribution in [0.2, 0.25) is 5.02 Å². The predicted molar refractivity (Wildman–Crippen MR) is 101 cm³/mol. The summed E-state index contributed by atoms with van der Waals surface area (Å²) in [6.45, 7) is 1.79. The van der Waals surface area contributed by atoms with Crippen LogP contribution in [0.25, 0.3) is 0 Å². The third-order valence-corrected chi connectivity index (χ3v) is 4.14. The van der Waals surface area contributed by atoms with Crippen LogP contribution in [0.1, 0.15) is 27.7 Å². The molecule has 0 saturated carbocycles. The Morgan fingerprint density at radius 2 is 1.92 bits per heavy atom. The first-order valence-corrected chi connectivity index (χ1v) is 8.91. The second kappa shape index (κ2) is 10.0. The van der Waals surface area contributed by atoms with Crippen molar-refractivity contribution in [1.29, 1.82) is 0 Å². The fourth-order valence-corrected chi connectivity index (χ4v) is 2.73. The third-order valence-electron chi connectivity index (χ3n) is 3.27. The van der Waals surface area contributed by atoms with Crippen molar-refractivity contribution in [3.05, 3.63) is 63.1 Å². The molecule has 0 bridgehead atoms. The summed E-state index contributed by atoms with van der Waals surface area (Å²) >= 11 is 9.68. The van der Waals surface area contributed by atoms with Crippen LogP contribution < -0.4 is 4.74 Å². The minimum absolute atomic E-state index is 0.221. The van der Waals surface area contributed by atoms with E-state index in [-0.39, 0.29) is 6.61 Å². The van der Waals surface area contributed by atoms with Crippen molar-refractivity contribution in [3.63, 3.8) is 0 Å². The highest BCUT2D eigenvalue weighted by molar-refractivity contribution is 9.10. The molecular formula is C19H22BrClO3. The standard InChI is InChI=1S/C19H22BrClO3/c1-3-22-14(2)23-10-11-24-18-7-4-15(5-8-18)12-16-13-17(20)6-9-19(16)21/h4-9,13-14H,3,10-12H2,1-2H3/i10D2. The average Bonchev–Trinajstić information content (AvgIpc) is 2.57. The van der Waals surface area contributed by atoms with Crippen LogP contribution in [-0.4, -0.2) is 26.1 Å². The van der Waals surface area contributed by atoms with Gasteiger partial charge in [-0.1, -0.05) is 39.7 Å². The van der Waals surface area contributed by atoms with E-state index in [1.807, 2.05) is 49.4 Å². The topological polar surface area (TPSA) is 27.7 Å². The molecule has 1 unspecified atom stereocenters. The fourth-order valence-electron chi connectivity index (χ4n) is 2.14. The molecular weight excluding hydrogens is 392 g/mol. The van der Waals surface area contributed by atoms with E-state index in [2.05, 4.69) is 15.9 Å². The van der Waals surface area contributed by atoms with Crippen LogP contribution in [0, 0.1) is 0 Å². The van der Waals surface area contributed by atoms with E-state index in [4.69, 9.17) is 28.6 Å². The van der Waals surface area contributed by atoms with E-state index in [1.54, 1.807) is 6.92 Å². The Bertz CT molecular complexity index is 710. The van der Waals surface area contributed by atoms with Gasteiger partial charge < -0.3 is 14.2 Å². The molecule has 2 aromatic rings. The number of hydrogen-bond acceptors (Lipinski definition) is 3. The summed E-state index contributed by atoms with van der Waals surface area (Å²) in [6, 6.07) is 13.3. The summed E-state index contributed by atoms with van der Waals surface area (Å²) in [5.74, 6) is 0.575. The van der Waals surface area contributed by atoms with Crippen molar-refractivity contribution in [1.82, 2.24) is 0 Å². The molecule has 2 rings (SSSR count). The zero-order valence-electron chi connectivity index (χ0n) is 15.7. The summed E-state index contributed by atoms with van der Waals surface area (Å²) in [7, 11) is 0. The van der Waals surface area contributed by atoms with Crippen LogP contribution >= 0.6 is 27.5 Å². The number of halogens is 2. The van der Waals surface area contributed by atoms with Gasteiger partial charge in [0.25, 0.3) is 0 Å². The predicted octanol–water partition coefficient (Wildman–Crippen LogP) is 5.47. The van der Waals surface area contributed by atoms with E-state index in [0.717, 1.165) is 20.6 Å². The van der Waals surface area contributed by atoms with Gasteiger partial charge in [-0.25, -0.2) is 0 Å². The largest absolute Gasteiger partial charge is 0.491 e. The van der Waals surface area contributed by atoms with E-state index in [0.29, 0.717) is 18.8 Å². The molecule has 24 heavy (non-hydrogen) atoms. The van der Waals surface area contributed by atoms with Gasteiger partial charge in [-0.15, -0.1) is 0 Å². The Labute approximate surface area is 159 Å². The SMILES string of the molecule is [2H]C([2H])(COc1ccc(Cc2cc(Br)ccc2Cl)cc1)OC(C)OCC. The second-order valence-electron chi connectivity index (χ2n) is 5.13. The van der Waals surface area contributed by atoms with E-state index >= 15 is 0 Å². The van der Waals surface area contributed by atoms with Gasteiger partial charge in [0.1, 0.15) is 12.4 Å². The Hall–Kier alpha value is -1.07. The molecule has 0 aliphatic carbocycles. The van der Waals surface area contributed by atoms with Crippen LogP contribution in [0.5, 0.6) is 5.75 Å². The minimum atomic E-state index is -1.93. The molecule has 0 N–H and O–H groups in total. The van der Waals surface area contributed by atoms with Gasteiger partial charge in [0.05, 0.1) is 9.30 Å². The highest BCUT2D eigenvalue weighted by atomic mass is 79.9. The smallest absolute Gasteiger partial charge is 0.154 e. The molecule has 2 aromatic carbocycles. The molecule has 5 heteroatoms. The molecule has 1 atom stereocenters. The summed E-state index contributed by atoms with van der Waals surface area (Å²) in [6.07, 6.45) is 0.0740. The normalized spacial score (nSPS) is 14.0. The van der Waals surface area contributed by atoms with Gasteiger partial charge in [-0.05, 0) is 61.7 Å². The van der Waals surface area contributed by atoms with E-state index < -0.39 is 12.8 Å². The van der Waals surface area contributed by atoms with Crippen molar-refractivity contribution in [3.8, 4) is 5.75 Å². The quantitative estimate of drug-likeness (QED) is 0.508. The first-order chi connectivity index (χ1) is 12.3. The van der Waals surface area contributed by atoms with Gasteiger partial charge in [0.15, 0.2) is 6.29 Å². The number of hydrogen-bond donors (Lipinski definition) is 0. The lowest BCUT2D eigenvalue weighted by atomic mass is 10.1. The summed E-state index contributed by atoms with van der Waals surface area (Å²) in [5, 5.41) is 0.724. The van der Waals surface area contributed by atoms with Gasteiger partial charge in [0, 0.05) is 16.1 Å². The molecule has 130 valence electrons. The Morgan fingerprint density at radius 1 is 1.17 bits per heavy atom. The van der Waals surface area contributed by atoms with Crippen molar-refractivity contribution >= 4 is 27.5 Å². The van der Waals surface area contributed by atoms with Gasteiger partial charge in [-0.2, -0.15) is 0 Å². The average molecular weight is 416 g/mol. The van der Waals surface area contributed by atoms with Crippen molar-refractivity contribution in [2.24, 2.45) is 0 Å². The molecule has 0 saturated heterocycles. The minimum Gasteiger partial charge on any atom is -0.491 e. The van der Waals surface area contributed by atoms with Gasteiger partial charge >= 0.3 is 0 Å². The van der Waals surface area contributed by atoms with Crippen LogP contribution in [0.4, 0.5) is 0 Å². The first-order valence-electron chi connectivity index (χ1n) is 8.74. The lowest BCUT2D eigenvalue weighted by Crippen LogP contribution is -2.17. The monoisotopic (exact) mass is 414 g/mol. The van der Waals surface area contributed by atoms with Crippen molar-refractivity contribution < 1.29 is 17.0 Å². The highest BCUT2D eigenvalue weighted by Crippen LogP contribution is 2.24. The molecule has 0 fully saturated rings. The van der Waals surface area contributed by atoms with Crippen LogP contribution in [-0.2, 0) is 15.9 Å². The molecule has 3 nitrogen and oxygen atoms in total. The molecule has 0 heterocycles. The third kappa shape index (κ3) is 6.44.